The second-order valence-electron chi connectivity index (χ2n) is 19.2. The van der Waals surface area contributed by atoms with Gasteiger partial charge in [-0.2, -0.15) is 0 Å². The smallest absolute Gasteiger partial charge is 0.306 e. The Hall–Kier alpha value is -4.45. The van der Waals surface area contributed by atoms with Gasteiger partial charge in [-0.3, -0.25) is 14.4 Å². The van der Waals surface area contributed by atoms with Gasteiger partial charge in [0.2, 0.25) is 0 Å². The maximum Gasteiger partial charge on any atom is 0.306 e. The van der Waals surface area contributed by atoms with Gasteiger partial charge in [0.1, 0.15) is 13.2 Å². The Morgan fingerprint density at radius 1 is 0.288 bits per heavy atom. The van der Waals surface area contributed by atoms with Crippen LogP contribution in [0.1, 0.15) is 252 Å². The molecule has 0 saturated heterocycles. The topological polar surface area (TPSA) is 78.9 Å². The van der Waals surface area contributed by atoms with Crippen LogP contribution in [0.5, 0.6) is 0 Å². The van der Waals surface area contributed by atoms with Crippen molar-refractivity contribution >= 4 is 17.9 Å². The lowest BCUT2D eigenvalue weighted by atomic mass is 10.0. The first-order valence-electron chi connectivity index (χ1n) is 29.7. The van der Waals surface area contributed by atoms with Crippen LogP contribution in [0.15, 0.2) is 134 Å². The summed E-state index contributed by atoms with van der Waals surface area (Å²) in [6, 6.07) is 0. The number of carbonyl (C=O) groups excluding carboxylic acids is 3. The molecule has 0 unspecified atom stereocenters. The van der Waals surface area contributed by atoms with E-state index < -0.39 is 12.1 Å². The van der Waals surface area contributed by atoms with Crippen molar-refractivity contribution in [2.45, 2.75) is 258 Å². The molecule has 1 atom stereocenters. The van der Waals surface area contributed by atoms with E-state index in [4.69, 9.17) is 14.2 Å². The van der Waals surface area contributed by atoms with Crippen molar-refractivity contribution in [1.29, 1.82) is 0 Å². The molecular weight excluding hydrogens is 901 g/mol. The highest BCUT2D eigenvalue weighted by Gasteiger charge is 2.19. The number of rotatable bonds is 52. The number of unbranched alkanes of at least 4 members (excludes halogenated alkanes) is 19. The highest BCUT2D eigenvalue weighted by molar-refractivity contribution is 5.71. The lowest BCUT2D eigenvalue weighted by Crippen LogP contribution is -2.30. The number of carbonyl (C=O) groups is 3. The van der Waals surface area contributed by atoms with Gasteiger partial charge in [0.15, 0.2) is 6.10 Å². The predicted octanol–water partition coefficient (Wildman–Crippen LogP) is 20.2. The Labute approximate surface area is 449 Å². The van der Waals surface area contributed by atoms with Gasteiger partial charge >= 0.3 is 17.9 Å². The van der Waals surface area contributed by atoms with E-state index >= 15 is 0 Å². The maximum atomic E-state index is 12.8. The third-order valence-electron chi connectivity index (χ3n) is 12.2. The van der Waals surface area contributed by atoms with Crippen molar-refractivity contribution in [3.05, 3.63) is 134 Å². The SMILES string of the molecule is CC/C=C\C/C=C\C/C=C\C/C=C\C/C=C\C/C=C\CCC(=O)OC[C@H](COC(=O)CCCCCCCCCCCCCCCCCCC)OC(=O)CC/C=C\C/C=C\C/C=C\C/C=C\C/C=C\CCCCC. The summed E-state index contributed by atoms with van der Waals surface area (Å²) in [4.78, 5) is 38.2. The minimum atomic E-state index is -0.852. The first-order chi connectivity index (χ1) is 36.0. The fourth-order valence-electron chi connectivity index (χ4n) is 7.75. The van der Waals surface area contributed by atoms with Gasteiger partial charge in [0.05, 0.1) is 0 Å². The van der Waals surface area contributed by atoms with E-state index in [2.05, 4.69) is 130 Å². The first-order valence-corrected chi connectivity index (χ1v) is 29.7. The summed E-state index contributed by atoms with van der Waals surface area (Å²) in [6.07, 6.45) is 84.7. The van der Waals surface area contributed by atoms with Crippen LogP contribution in [0.2, 0.25) is 0 Å². The van der Waals surface area contributed by atoms with Gasteiger partial charge in [-0.25, -0.2) is 0 Å². The third-order valence-corrected chi connectivity index (χ3v) is 12.2. The summed E-state index contributed by atoms with van der Waals surface area (Å²) in [7, 11) is 0. The Balaban J connectivity index is 4.61. The fraction of sp³-hybridized carbons (Fsp3) is 0.627. The monoisotopic (exact) mass is 1010 g/mol. The van der Waals surface area contributed by atoms with Crippen LogP contribution in [0.4, 0.5) is 0 Å². The van der Waals surface area contributed by atoms with Crippen LogP contribution in [0.3, 0.4) is 0 Å². The second kappa shape index (κ2) is 60.1. The highest BCUT2D eigenvalue weighted by Crippen LogP contribution is 2.15. The van der Waals surface area contributed by atoms with Crippen molar-refractivity contribution in [3.8, 4) is 0 Å². The molecule has 0 saturated carbocycles. The molecule has 6 heteroatoms. The summed E-state index contributed by atoms with van der Waals surface area (Å²) >= 11 is 0. The van der Waals surface area contributed by atoms with Crippen LogP contribution in [-0.4, -0.2) is 37.2 Å². The number of esters is 3. The molecule has 0 aliphatic carbocycles. The number of ether oxygens (including phenoxy) is 3. The molecule has 412 valence electrons. The van der Waals surface area contributed by atoms with Crippen molar-refractivity contribution < 1.29 is 28.6 Å². The molecule has 6 nitrogen and oxygen atoms in total. The van der Waals surface area contributed by atoms with Crippen LogP contribution in [-0.2, 0) is 28.6 Å². The normalized spacial score (nSPS) is 13.1. The summed E-state index contributed by atoms with van der Waals surface area (Å²) < 4.78 is 16.7. The quantitative estimate of drug-likeness (QED) is 0.0261. The van der Waals surface area contributed by atoms with Crippen LogP contribution in [0.25, 0.3) is 0 Å². The standard InChI is InChI=1S/C67H108O6/c1-4-7-10-13-16-19-22-25-28-31-33-36-39-42-45-48-51-54-57-60-66(69)72-63-64(62-71-65(68)59-56-53-50-47-44-41-38-35-30-27-24-21-18-15-12-9-6-3)73-67(70)61-58-55-52-49-46-43-40-37-34-32-29-26-23-20-17-14-11-8-5-2/h7,10,16-17,19-20,25-26,28-29,33-34,36-37,42-43,45-46,51-52,54-55,64H,4-6,8-9,11-15,18,21-24,27,30-32,35,38-41,44,47-50,53,56-63H2,1-3H3/b10-7-,19-16-,20-17-,28-25-,29-26-,36-33-,37-34-,45-42-,46-43-,54-51-,55-52-/t64-/m0/s1. The molecule has 0 aromatic rings. The minimum absolute atomic E-state index is 0.133. The van der Waals surface area contributed by atoms with Crippen LogP contribution >= 0.6 is 0 Å². The molecule has 0 amide bonds. The predicted molar refractivity (Wildman–Crippen MR) is 316 cm³/mol. The molecule has 0 aromatic heterocycles. The Morgan fingerprint density at radius 2 is 0.562 bits per heavy atom. The van der Waals surface area contributed by atoms with Gasteiger partial charge in [-0.1, -0.05) is 270 Å². The zero-order valence-electron chi connectivity index (χ0n) is 47.1. The molecule has 0 rings (SSSR count). The largest absolute Gasteiger partial charge is 0.462 e. The highest BCUT2D eigenvalue weighted by atomic mass is 16.6. The van der Waals surface area contributed by atoms with E-state index in [0.717, 1.165) is 83.5 Å². The molecule has 0 aliphatic rings. The first kappa shape index (κ1) is 68.6. The van der Waals surface area contributed by atoms with E-state index in [0.29, 0.717) is 19.3 Å². The van der Waals surface area contributed by atoms with E-state index in [1.807, 2.05) is 24.3 Å². The molecule has 0 fully saturated rings. The van der Waals surface area contributed by atoms with E-state index in [-0.39, 0.29) is 38.0 Å². The summed E-state index contributed by atoms with van der Waals surface area (Å²) in [5.41, 5.74) is 0. The second-order valence-corrected chi connectivity index (χ2v) is 19.2. The van der Waals surface area contributed by atoms with Gasteiger partial charge in [0, 0.05) is 19.3 Å². The van der Waals surface area contributed by atoms with Crippen molar-refractivity contribution in [2.24, 2.45) is 0 Å². The average Bonchev–Trinajstić information content (AvgIpc) is 3.39. The van der Waals surface area contributed by atoms with Crippen molar-refractivity contribution in [2.75, 3.05) is 13.2 Å². The Kier molecular flexibility index (Phi) is 56.4. The van der Waals surface area contributed by atoms with Gasteiger partial charge in [0.25, 0.3) is 0 Å². The van der Waals surface area contributed by atoms with Gasteiger partial charge in [-0.15, -0.1) is 0 Å². The number of hydrogen-bond donors (Lipinski definition) is 0. The van der Waals surface area contributed by atoms with Gasteiger partial charge < -0.3 is 14.2 Å². The summed E-state index contributed by atoms with van der Waals surface area (Å²) in [6.45, 7) is 6.38. The van der Waals surface area contributed by atoms with E-state index in [9.17, 15) is 14.4 Å². The van der Waals surface area contributed by atoms with Crippen LogP contribution < -0.4 is 0 Å². The Bertz CT molecular complexity index is 1580. The van der Waals surface area contributed by atoms with Crippen LogP contribution in [0, 0.1) is 0 Å². The molecule has 0 aromatic carbocycles. The fourth-order valence-corrected chi connectivity index (χ4v) is 7.75. The van der Waals surface area contributed by atoms with E-state index in [1.165, 1.54) is 116 Å². The molecular formula is C67H108O6. The zero-order valence-corrected chi connectivity index (χ0v) is 47.1. The molecule has 0 heterocycles. The van der Waals surface area contributed by atoms with Crippen molar-refractivity contribution in [1.82, 2.24) is 0 Å². The number of allylic oxidation sites excluding steroid dienone is 22. The molecule has 0 N–H and O–H groups in total. The van der Waals surface area contributed by atoms with Crippen molar-refractivity contribution in [3.63, 3.8) is 0 Å². The summed E-state index contributed by atoms with van der Waals surface area (Å²) in [5.74, 6) is -1.11. The molecule has 0 radical (unpaired) electrons. The number of hydrogen-bond acceptors (Lipinski definition) is 6. The zero-order chi connectivity index (χ0) is 52.9. The third kappa shape index (κ3) is 58.3. The minimum Gasteiger partial charge on any atom is -0.462 e. The van der Waals surface area contributed by atoms with Gasteiger partial charge in [-0.05, 0) is 96.3 Å². The summed E-state index contributed by atoms with van der Waals surface area (Å²) in [5, 5.41) is 0. The van der Waals surface area contributed by atoms with E-state index in [1.54, 1.807) is 0 Å². The Morgan fingerprint density at radius 3 is 0.918 bits per heavy atom. The lowest BCUT2D eigenvalue weighted by Gasteiger charge is -2.18. The molecule has 0 spiro atoms. The molecule has 0 aliphatic heterocycles. The maximum absolute atomic E-state index is 12.8. The molecule has 73 heavy (non-hydrogen) atoms. The lowest BCUT2D eigenvalue weighted by molar-refractivity contribution is -0.166. The average molecular weight is 1010 g/mol. The molecule has 0 bridgehead atoms.